The highest BCUT2D eigenvalue weighted by Gasteiger charge is 2.28. The van der Waals surface area contributed by atoms with Gasteiger partial charge < -0.3 is 14.9 Å². The third-order valence-electron chi connectivity index (χ3n) is 2.93. The maximum atomic E-state index is 13.1. The van der Waals surface area contributed by atoms with Gasteiger partial charge in [0.2, 0.25) is 11.7 Å². The van der Waals surface area contributed by atoms with Crippen LogP contribution < -0.4 is 5.32 Å². The maximum Gasteiger partial charge on any atom is 0.244 e. The van der Waals surface area contributed by atoms with Gasteiger partial charge in [-0.2, -0.15) is 4.98 Å². The van der Waals surface area contributed by atoms with Crippen molar-refractivity contribution in [1.82, 2.24) is 15.5 Å². The zero-order valence-corrected chi connectivity index (χ0v) is 9.51. The lowest BCUT2D eigenvalue weighted by atomic mass is 10.2. The molecule has 2 aromatic rings. The van der Waals surface area contributed by atoms with Crippen LogP contribution in [0.15, 0.2) is 28.8 Å². The number of hydrogen-bond donors (Lipinski definition) is 2. The highest BCUT2D eigenvalue weighted by Crippen LogP contribution is 2.24. The Bertz CT molecular complexity index is 558. The highest BCUT2D eigenvalue weighted by molar-refractivity contribution is 5.53. The zero-order valence-electron chi connectivity index (χ0n) is 9.51. The summed E-state index contributed by atoms with van der Waals surface area (Å²) < 4.78 is 18.2. The number of rotatable bonds is 2. The SMILES string of the molecule is O[C@H]1CN[C@H](c2nc(-c3cccc(F)c3)no2)C1. The predicted octanol–water partition coefficient (Wildman–Crippen LogP) is 1.27. The number of halogens is 1. The van der Waals surface area contributed by atoms with Gasteiger partial charge in [-0.15, -0.1) is 0 Å². The van der Waals surface area contributed by atoms with E-state index in [0.717, 1.165) is 0 Å². The van der Waals surface area contributed by atoms with Crippen molar-refractivity contribution < 1.29 is 14.0 Å². The Morgan fingerprint density at radius 3 is 3.06 bits per heavy atom. The highest BCUT2D eigenvalue weighted by atomic mass is 19.1. The summed E-state index contributed by atoms with van der Waals surface area (Å²) >= 11 is 0. The lowest BCUT2D eigenvalue weighted by Crippen LogP contribution is -2.15. The van der Waals surface area contributed by atoms with E-state index in [0.29, 0.717) is 30.2 Å². The van der Waals surface area contributed by atoms with E-state index in [2.05, 4.69) is 15.5 Å². The topological polar surface area (TPSA) is 71.2 Å². The van der Waals surface area contributed by atoms with E-state index in [9.17, 15) is 9.50 Å². The summed E-state index contributed by atoms with van der Waals surface area (Å²) in [6.07, 6.45) is 0.157. The Hall–Kier alpha value is -1.79. The summed E-state index contributed by atoms with van der Waals surface area (Å²) in [5.74, 6) is 0.437. The van der Waals surface area contributed by atoms with Crippen LogP contribution >= 0.6 is 0 Å². The summed E-state index contributed by atoms with van der Waals surface area (Å²) in [7, 11) is 0. The fraction of sp³-hybridized carbons (Fsp3) is 0.333. The Morgan fingerprint density at radius 2 is 2.33 bits per heavy atom. The second-order valence-electron chi connectivity index (χ2n) is 4.32. The molecule has 1 aromatic heterocycles. The molecule has 2 heterocycles. The van der Waals surface area contributed by atoms with Gasteiger partial charge in [-0.25, -0.2) is 4.39 Å². The predicted molar refractivity (Wildman–Crippen MR) is 61.1 cm³/mol. The van der Waals surface area contributed by atoms with Gasteiger partial charge in [-0.1, -0.05) is 17.3 Å². The first-order chi connectivity index (χ1) is 8.72. The van der Waals surface area contributed by atoms with Crippen LogP contribution in [-0.2, 0) is 0 Å². The number of nitrogens with one attached hydrogen (secondary N) is 1. The van der Waals surface area contributed by atoms with Gasteiger partial charge in [0.1, 0.15) is 5.82 Å². The van der Waals surface area contributed by atoms with Crippen LogP contribution in [0.2, 0.25) is 0 Å². The number of aliphatic hydroxyl groups is 1. The minimum Gasteiger partial charge on any atom is -0.392 e. The smallest absolute Gasteiger partial charge is 0.244 e. The Morgan fingerprint density at radius 1 is 1.44 bits per heavy atom. The van der Waals surface area contributed by atoms with Crippen molar-refractivity contribution >= 4 is 0 Å². The summed E-state index contributed by atoms with van der Waals surface area (Å²) in [6, 6.07) is 5.90. The molecule has 6 heteroatoms. The number of aliphatic hydroxyl groups excluding tert-OH is 1. The number of benzene rings is 1. The molecule has 5 nitrogen and oxygen atoms in total. The van der Waals surface area contributed by atoms with Gasteiger partial charge >= 0.3 is 0 Å². The summed E-state index contributed by atoms with van der Waals surface area (Å²) in [5, 5.41) is 16.3. The van der Waals surface area contributed by atoms with E-state index in [-0.39, 0.29) is 18.0 Å². The van der Waals surface area contributed by atoms with Crippen LogP contribution in [-0.4, -0.2) is 27.9 Å². The van der Waals surface area contributed by atoms with Gasteiger partial charge in [0.25, 0.3) is 0 Å². The van der Waals surface area contributed by atoms with Crippen molar-refractivity contribution in [2.75, 3.05) is 6.54 Å². The largest absolute Gasteiger partial charge is 0.392 e. The molecule has 1 aliphatic rings. The molecular formula is C12H12FN3O2. The Labute approximate surface area is 103 Å². The molecular weight excluding hydrogens is 237 g/mol. The van der Waals surface area contributed by atoms with Gasteiger partial charge in [0.05, 0.1) is 12.1 Å². The van der Waals surface area contributed by atoms with Crippen LogP contribution in [0.4, 0.5) is 4.39 Å². The van der Waals surface area contributed by atoms with Crippen LogP contribution in [0.1, 0.15) is 18.4 Å². The molecule has 0 bridgehead atoms. The molecule has 0 aliphatic carbocycles. The van der Waals surface area contributed by atoms with E-state index in [1.807, 2.05) is 0 Å². The molecule has 0 saturated carbocycles. The van der Waals surface area contributed by atoms with Crippen molar-refractivity contribution in [3.05, 3.63) is 36.0 Å². The quantitative estimate of drug-likeness (QED) is 0.838. The van der Waals surface area contributed by atoms with Crippen LogP contribution in [0.3, 0.4) is 0 Å². The molecule has 1 aromatic carbocycles. The molecule has 1 saturated heterocycles. The number of nitrogens with zero attached hydrogens (tertiary/aromatic N) is 2. The van der Waals surface area contributed by atoms with Crippen molar-refractivity contribution in [1.29, 1.82) is 0 Å². The van der Waals surface area contributed by atoms with Crippen LogP contribution in [0.25, 0.3) is 11.4 Å². The molecule has 18 heavy (non-hydrogen) atoms. The fourth-order valence-corrected chi connectivity index (χ4v) is 2.03. The normalized spacial score (nSPS) is 23.4. The molecule has 94 valence electrons. The molecule has 0 amide bonds. The molecule has 0 radical (unpaired) electrons. The van der Waals surface area contributed by atoms with E-state index in [4.69, 9.17) is 4.52 Å². The lowest BCUT2D eigenvalue weighted by Gasteiger charge is -2.01. The second kappa shape index (κ2) is 4.47. The first kappa shape index (κ1) is 11.3. The monoisotopic (exact) mass is 249 g/mol. The van der Waals surface area contributed by atoms with E-state index in [1.165, 1.54) is 12.1 Å². The minimum atomic E-state index is -0.389. The van der Waals surface area contributed by atoms with E-state index < -0.39 is 0 Å². The van der Waals surface area contributed by atoms with Crippen molar-refractivity contribution in [3.8, 4) is 11.4 Å². The summed E-state index contributed by atoms with van der Waals surface area (Å²) in [5.41, 5.74) is 0.573. The van der Waals surface area contributed by atoms with Crippen molar-refractivity contribution in [3.63, 3.8) is 0 Å². The van der Waals surface area contributed by atoms with Gasteiger partial charge in [0.15, 0.2) is 0 Å². The molecule has 2 N–H and O–H groups in total. The van der Waals surface area contributed by atoms with E-state index in [1.54, 1.807) is 12.1 Å². The third-order valence-corrected chi connectivity index (χ3v) is 2.93. The van der Waals surface area contributed by atoms with Gasteiger partial charge in [-0.05, 0) is 18.6 Å². The summed E-state index contributed by atoms with van der Waals surface area (Å²) in [4.78, 5) is 4.22. The van der Waals surface area contributed by atoms with E-state index >= 15 is 0 Å². The Kier molecular flexibility index (Phi) is 2.81. The Balaban J connectivity index is 1.85. The van der Waals surface area contributed by atoms with Gasteiger partial charge in [-0.3, -0.25) is 0 Å². The van der Waals surface area contributed by atoms with Crippen LogP contribution in [0, 0.1) is 5.82 Å². The molecule has 0 spiro atoms. The number of aromatic nitrogens is 2. The zero-order chi connectivity index (χ0) is 12.5. The number of hydrogen-bond acceptors (Lipinski definition) is 5. The molecule has 1 aliphatic heterocycles. The molecule has 3 rings (SSSR count). The average Bonchev–Trinajstić information content (AvgIpc) is 2.97. The molecule has 1 fully saturated rings. The molecule has 2 atom stereocenters. The average molecular weight is 249 g/mol. The second-order valence-corrected chi connectivity index (χ2v) is 4.32. The minimum absolute atomic E-state index is 0.130. The van der Waals surface area contributed by atoms with Crippen molar-refractivity contribution in [2.45, 2.75) is 18.6 Å². The standard InChI is InChI=1S/C12H12FN3O2/c13-8-3-1-2-7(4-8)11-15-12(18-16-11)10-5-9(17)6-14-10/h1-4,9-10,14,17H,5-6H2/t9-,10+/m1/s1. The molecule has 0 unspecified atom stereocenters. The lowest BCUT2D eigenvalue weighted by molar-refractivity contribution is 0.191. The van der Waals surface area contributed by atoms with Crippen molar-refractivity contribution in [2.24, 2.45) is 0 Å². The number of β-amino-alcohol motifs (C(OH)–C–C–N with tert-alkyl or cyclic N) is 1. The van der Waals surface area contributed by atoms with Crippen LogP contribution in [0.5, 0.6) is 0 Å². The third kappa shape index (κ3) is 2.12. The maximum absolute atomic E-state index is 13.1. The fourth-order valence-electron chi connectivity index (χ4n) is 2.03. The summed E-state index contributed by atoms with van der Waals surface area (Å²) in [6.45, 7) is 0.516. The first-order valence-corrected chi connectivity index (χ1v) is 5.73. The first-order valence-electron chi connectivity index (χ1n) is 5.73. The van der Waals surface area contributed by atoms with Gasteiger partial charge in [0, 0.05) is 12.1 Å².